The van der Waals surface area contributed by atoms with Crippen molar-refractivity contribution in [3.8, 4) is 0 Å². The Morgan fingerprint density at radius 3 is 2.64 bits per heavy atom. The first-order chi connectivity index (χ1) is 10.5. The average Bonchev–Trinajstić information content (AvgIpc) is 2.73. The Bertz CT molecular complexity index is 391. The van der Waals surface area contributed by atoms with Crippen LogP contribution in [0.5, 0.6) is 0 Å². The monoisotopic (exact) mass is 312 g/mol. The first-order valence-electron chi connectivity index (χ1n) is 8.24. The molecule has 3 N–H and O–H groups in total. The number of carboxylic acid groups (broad SMARTS) is 1. The van der Waals surface area contributed by atoms with Crippen LogP contribution in [0.4, 0.5) is 0 Å². The normalized spacial score (nSPS) is 26.7. The SMILES string of the molecule is CCC(O)/C=C/C1C(O)CC(=O)C1CCCCCCC(=O)O. The van der Waals surface area contributed by atoms with Gasteiger partial charge in [-0.15, -0.1) is 0 Å². The molecule has 1 aliphatic carbocycles. The third-order valence-corrected chi connectivity index (χ3v) is 4.36. The van der Waals surface area contributed by atoms with Crippen LogP contribution in [0.2, 0.25) is 0 Å². The van der Waals surface area contributed by atoms with Gasteiger partial charge in [0.2, 0.25) is 0 Å². The van der Waals surface area contributed by atoms with Crippen LogP contribution in [-0.4, -0.2) is 39.3 Å². The molecule has 0 amide bonds. The first-order valence-corrected chi connectivity index (χ1v) is 8.24. The fourth-order valence-electron chi connectivity index (χ4n) is 2.98. The van der Waals surface area contributed by atoms with Crippen molar-refractivity contribution in [3.63, 3.8) is 0 Å². The van der Waals surface area contributed by atoms with E-state index in [1.807, 2.05) is 6.92 Å². The second-order valence-electron chi connectivity index (χ2n) is 6.13. The van der Waals surface area contributed by atoms with Crippen LogP contribution >= 0.6 is 0 Å². The molecular formula is C17H28O5. The van der Waals surface area contributed by atoms with Crippen molar-refractivity contribution >= 4 is 11.8 Å². The lowest BCUT2D eigenvalue weighted by atomic mass is 9.88. The van der Waals surface area contributed by atoms with Crippen molar-refractivity contribution in [2.45, 2.75) is 70.5 Å². The number of hydrogen-bond donors (Lipinski definition) is 3. The summed E-state index contributed by atoms with van der Waals surface area (Å²) in [4.78, 5) is 22.4. The summed E-state index contributed by atoms with van der Waals surface area (Å²) in [6, 6.07) is 0. The van der Waals surface area contributed by atoms with Gasteiger partial charge < -0.3 is 15.3 Å². The molecule has 4 atom stereocenters. The van der Waals surface area contributed by atoms with Crippen LogP contribution in [0.1, 0.15) is 58.3 Å². The molecule has 0 heterocycles. The Balaban J connectivity index is 2.39. The van der Waals surface area contributed by atoms with Gasteiger partial charge in [0, 0.05) is 24.7 Å². The van der Waals surface area contributed by atoms with Crippen LogP contribution in [0.3, 0.4) is 0 Å². The summed E-state index contributed by atoms with van der Waals surface area (Å²) in [6.07, 6.45) is 7.30. The van der Waals surface area contributed by atoms with Gasteiger partial charge in [-0.05, 0) is 19.3 Å². The zero-order valence-electron chi connectivity index (χ0n) is 13.3. The summed E-state index contributed by atoms with van der Waals surface area (Å²) >= 11 is 0. The fraction of sp³-hybridized carbons (Fsp3) is 0.765. The minimum atomic E-state index is -0.770. The maximum absolute atomic E-state index is 12.0. The lowest BCUT2D eigenvalue weighted by Gasteiger charge is -2.17. The molecule has 1 saturated carbocycles. The topological polar surface area (TPSA) is 94.8 Å². The summed E-state index contributed by atoms with van der Waals surface area (Å²) in [5, 5.41) is 28.1. The molecule has 0 bridgehead atoms. The predicted molar refractivity (Wildman–Crippen MR) is 83.4 cm³/mol. The number of carbonyl (C=O) groups excluding carboxylic acids is 1. The van der Waals surface area contributed by atoms with E-state index in [0.717, 1.165) is 25.7 Å². The minimum absolute atomic E-state index is 0.0960. The number of rotatable bonds is 10. The number of aliphatic hydroxyl groups is 2. The largest absolute Gasteiger partial charge is 0.481 e. The highest BCUT2D eigenvalue weighted by Crippen LogP contribution is 2.34. The predicted octanol–water partition coefficient (Wildman–Crippen LogP) is 2.30. The van der Waals surface area contributed by atoms with Gasteiger partial charge in [-0.1, -0.05) is 38.3 Å². The van der Waals surface area contributed by atoms with E-state index in [4.69, 9.17) is 5.11 Å². The Morgan fingerprint density at radius 2 is 2.00 bits per heavy atom. The maximum atomic E-state index is 12.0. The van der Waals surface area contributed by atoms with Crippen LogP contribution in [-0.2, 0) is 9.59 Å². The third kappa shape index (κ3) is 6.28. The molecule has 5 heteroatoms. The molecule has 1 fully saturated rings. The van der Waals surface area contributed by atoms with E-state index >= 15 is 0 Å². The van der Waals surface area contributed by atoms with Gasteiger partial charge in [0.15, 0.2) is 0 Å². The van der Waals surface area contributed by atoms with Gasteiger partial charge in [-0.25, -0.2) is 0 Å². The summed E-state index contributed by atoms with van der Waals surface area (Å²) < 4.78 is 0. The number of Topliss-reactive ketones (excluding diaryl/α,β-unsaturated/α-hetero) is 1. The van der Waals surface area contributed by atoms with E-state index in [9.17, 15) is 19.8 Å². The van der Waals surface area contributed by atoms with Gasteiger partial charge >= 0.3 is 5.97 Å². The smallest absolute Gasteiger partial charge is 0.303 e. The van der Waals surface area contributed by atoms with Gasteiger partial charge in [0.25, 0.3) is 0 Å². The van der Waals surface area contributed by atoms with Gasteiger partial charge in [-0.2, -0.15) is 0 Å². The molecule has 0 spiro atoms. The number of unbranched alkanes of at least 4 members (excludes halogenated alkanes) is 3. The van der Waals surface area contributed by atoms with Crippen LogP contribution in [0, 0.1) is 11.8 Å². The zero-order valence-corrected chi connectivity index (χ0v) is 13.3. The molecule has 0 aromatic heterocycles. The number of ketones is 1. The van der Waals surface area contributed by atoms with Gasteiger partial charge in [0.1, 0.15) is 5.78 Å². The zero-order chi connectivity index (χ0) is 16.5. The van der Waals surface area contributed by atoms with Crippen molar-refractivity contribution in [1.29, 1.82) is 0 Å². The molecule has 5 nitrogen and oxygen atoms in total. The number of hydrogen-bond acceptors (Lipinski definition) is 4. The molecule has 0 saturated heterocycles. The molecular weight excluding hydrogens is 284 g/mol. The minimum Gasteiger partial charge on any atom is -0.481 e. The van der Waals surface area contributed by atoms with Crippen molar-refractivity contribution in [2.24, 2.45) is 11.8 Å². The third-order valence-electron chi connectivity index (χ3n) is 4.36. The van der Waals surface area contributed by atoms with Crippen LogP contribution in [0.15, 0.2) is 12.2 Å². The van der Waals surface area contributed by atoms with Crippen molar-refractivity contribution in [1.82, 2.24) is 0 Å². The average molecular weight is 312 g/mol. The molecule has 0 aromatic carbocycles. The quantitative estimate of drug-likeness (QED) is 0.425. The summed E-state index contributed by atoms with van der Waals surface area (Å²) in [5.41, 5.74) is 0. The number of aliphatic hydroxyl groups excluding tert-OH is 2. The Kier molecular flexibility index (Phi) is 8.35. The second kappa shape index (κ2) is 9.74. The summed E-state index contributed by atoms with van der Waals surface area (Å²) in [7, 11) is 0. The van der Waals surface area contributed by atoms with E-state index in [2.05, 4.69) is 0 Å². The molecule has 22 heavy (non-hydrogen) atoms. The standard InChI is InChI=1S/C17H28O5/c1-2-12(18)9-10-14-13(15(19)11-16(14)20)7-5-3-4-6-8-17(21)22/h9-10,12-14,16,18,20H,2-8,11H2,1H3,(H,21,22)/b10-9+. The molecule has 4 unspecified atom stereocenters. The molecule has 1 rings (SSSR count). The van der Waals surface area contributed by atoms with Crippen LogP contribution < -0.4 is 0 Å². The van der Waals surface area contributed by atoms with E-state index in [-0.39, 0.29) is 30.5 Å². The van der Waals surface area contributed by atoms with E-state index in [0.29, 0.717) is 12.8 Å². The van der Waals surface area contributed by atoms with E-state index < -0.39 is 18.2 Å². The maximum Gasteiger partial charge on any atom is 0.303 e. The Morgan fingerprint density at radius 1 is 1.32 bits per heavy atom. The van der Waals surface area contributed by atoms with E-state index in [1.165, 1.54) is 0 Å². The first kappa shape index (κ1) is 18.8. The highest BCUT2D eigenvalue weighted by Gasteiger charge is 2.39. The molecule has 0 radical (unpaired) electrons. The number of carboxylic acids is 1. The molecule has 0 aliphatic heterocycles. The second-order valence-corrected chi connectivity index (χ2v) is 6.13. The Hall–Kier alpha value is -1.20. The number of aliphatic carboxylic acids is 1. The highest BCUT2D eigenvalue weighted by molar-refractivity contribution is 5.84. The van der Waals surface area contributed by atoms with Crippen LogP contribution in [0.25, 0.3) is 0 Å². The highest BCUT2D eigenvalue weighted by atomic mass is 16.4. The van der Waals surface area contributed by atoms with Crippen molar-refractivity contribution < 1.29 is 24.9 Å². The lowest BCUT2D eigenvalue weighted by molar-refractivity contribution is -0.137. The molecule has 1 aliphatic rings. The Labute approximate surface area is 132 Å². The van der Waals surface area contributed by atoms with Crippen molar-refractivity contribution in [2.75, 3.05) is 0 Å². The van der Waals surface area contributed by atoms with E-state index in [1.54, 1.807) is 12.2 Å². The summed E-state index contributed by atoms with van der Waals surface area (Å²) in [5.74, 6) is -1.05. The lowest BCUT2D eigenvalue weighted by Crippen LogP contribution is -2.19. The molecule has 126 valence electrons. The molecule has 0 aromatic rings. The van der Waals surface area contributed by atoms with Crippen molar-refractivity contribution in [3.05, 3.63) is 12.2 Å². The fourth-order valence-corrected chi connectivity index (χ4v) is 2.98. The van der Waals surface area contributed by atoms with Gasteiger partial charge in [-0.3, -0.25) is 9.59 Å². The van der Waals surface area contributed by atoms with Gasteiger partial charge in [0.05, 0.1) is 12.2 Å². The number of carbonyl (C=O) groups is 2. The summed E-state index contributed by atoms with van der Waals surface area (Å²) in [6.45, 7) is 1.87.